The molecular formula is C34H62N4O14. The summed E-state index contributed by atoms with van der Waals surface area (Å²) >= 11 is 0. The monoisotopic (exact) mass is 750 g/mol. The second-order valence-electron chi connectivity index (χ2n) is 16.8. The summed E-state index contributed by atoms with van der Waals surface area (Å²) < 4.78 is 40.8. The van der Waals surface area contributed by atoms with Crippen LogP contribution in [0.1, 0.15) is 88.5 Å². The highest BCUT2D eigenvalue weighted by Crippen LogP contribution is 2.35. The van der Waals surface area contributed by atoms with Crippen LogP contribution in [0.3, 0.4) is 0 Å². The molecule has 6 unspecified atom stereocenters. The zero-order chi connectivity index (χ0) is 39.3. The number of nitrogens with two attached hydrogens (primary N) is 1. The van der Waals surface area contributed by atoms with Crippen molar-refractivity contribution in [3.63, 3.8) is 0 Å². The minimum Gasteiger partial charge on any atom is -0.444 e. The molecule has 3 rings (SSSR count). The predicted molar refractivity (Wildman–Crippen MR) is 184 cm³/mol. The van der Waals surface area contributed by atoms with E-state index in [0.717, 1.165) is 0 Å². The summed E-state index contributed by atoms with van der Waals surface area (Å²) in [5, 5.41) is 51.0. The zero-order valence-electron chi connectivity index (χ0n) is 32.0. The fourth-order valence-corrected chi connectivity index (χ4v) is 6.20. The van der Waals surface area contributed by atoms with Gasteiger partial charge in [0.15, 0.2) is 12.6 Å². The van der Waals surface area contributed by atoms with Gasteiger partial charge in [0.1, 0.15) is 47.3 Å². The molecule has 18 heteroatoms. The SMILES string of the molecule is C[C@@H]1C[C@H](NC(=O)OC(C)(C)C)C(O[C@H]2OC(CNC(=O)OC(C)(C)C)CCC2NC(=O)OC(C)(C)C)C(O)[C@H]1O[C@H]1OC(CO)[C@@H](O)[C@H](N)C1O. The smallest absolute Gasteiger partial charge is 0.408 e. The Morgan fingerprint density at radius 1 is 0.712 bits per heavy atom. The van der Waals surface area contributed by atoms with E-state index in [2.05, 4.69) is 16.0 Å². The molecular weight excluding hydrogens is 688 g/mol. The van der Waals surface area contributed by atoms with Crippen molar-refractivity contribution in [2.75, 3.05) is 13.2 Å². The van der Waals surface area contributed by atoms with Crippen LogP contribution in [0.15, 0.2) is 0 Å². The number of rotatable bonds is 9. The summed E-state index contributed by atoms with van der Waals surface area (Å²) in [5.41, 5.74) is 3.62. The van der Waals surface area contributed by atoms with Crippen molar-refractivity contribution in [1.82, 2.24) is 16.0 Å². The van der Waals surface area contributed by atoms with Gasteiger partial charge in [0, 0.05) is 6.54 Å². The highest BCUT2D eigenvalue weighted by Gasteiger charge is 2.51. The molecule has 52 heavy (non-hydrogen) atoms. The van der Waals surface area contributed by atoms with Gasteiger partial charge in [0.25, 0.3) is 0 Å². The van der Waals surface area contributed by atoms with Crippen molar-refractivity contribution < 1.29 is 68.0 Å². The second kappa shape index (κ2) is 17.7. The number of carbonyl (C=O) groups excluding carboxylic acids is 3. The van der Waals surface area contributed by atoms with Gasteiger partial charge in [-0.25, -0.2) is 14.4 Å². The van der Waals surface area contributed by atoms with E-state index < -0.39 is 121 Å². The molecule has 1 saturated carbocycles. The number of aliphatic hydroxyl groups excluding tert-OH is 4. The average molecular weight is 751 g/mol. The second-order valence-corrected chi connectivity index (χ2v) is 16.8. The highest BCUT2D eigenvalue weighted by atomic mass is 16.7. The Morgan fingerprint density at radius 3 is 1.77 bits per heavy atom. The Hall–Kier alpha value is -2.55. The Morgan fingerprint density at radius 2 is 1.23 bits per heavy atom. The van der Waals surface area contributed by atoms with Crippen LogP contribution >= 0.6 is 0 Å². The van der Waals surface area contributed by atoms with Crippen molar-refractivity contribution in [3.05, 3.63) is 0 Å². The van der Waals surface area contributed by atoms with E-state index in [9.17, 15) is 34.8 Å². The van der Waals surface area contributed by atoms with E-state index in [4.69, 9.17) is 38.9 Å². The van der Waals surface area contributed by atoms with Gasteiger partial charge in [0.05, 0.1) is 36.9 Å². The summed E-state index contributed by atoms with van der Waals surface area (Å²) in [7, 11) is 0. The topological polar surface area (TPSA) is 259 Å². The summed E-state index contributed by atoms with van der Waals surface area (Å²) in [6.07, 6.45) is -12.5. The fourth-order valence-electron chi connectivity index (χ4n) is 6.20. The molecule has 1 aliphatic carbocycles. The first kappa shape index (κ1) is 43.9. The van der Waals surface area contributed by atoms with Crippen LogP contribution in [-0.4, -0.2) is 142 Å². The molecule has 0 radical (unpaired) electrons. The summed E-state index contributed by atoms with van der Waals surface area (Å²) in [5.74, 6) is -0.491. The Labute approximate surface area is 305 Å². The lowest BCUT2D eigenvalue weighted by atomic mass is 9.80. The van der Waals surface area contributed by atoms with Gasteiger partial charge < -0.3 is 75.3 Å². The summed E-state index contributed by atoms with van der Waals surface area (Å²) in [6, 6.07) is -2.90. The van der Waals surface area contributed by atoms with Crippen LogP contribution in [0.5, 0.6) is 0 Å². The molecule has 9 N–H and O–H groups in total. The molecule has 302 valence electrons. The minimum atomic E-state index is -1.52. The quantitative estimate of drug-likeness (QED) is 0.151. The van der Waals surface area contributed by atoms with Crippen molar-refractivity contribution in [2.45, 2.75) is 179 Å². The molecule has 0 aromatic carbocycles. The zero-order valence-corrected chi connectivity index (χ0v) is 32.0. The van der Waals surface area contributed by atoms with E-state index in [1.165, 1.54) is 0 Å². The fraction of sp³-hybridized carbons (Fsp3) is 0.912. The van der Waals surface area contributed by atoms with E-state index >= 15 is 0 Å². The van der Waals surface area contributed by atoms with Gasteiger partial charge in [-0.3, -0.25) is 0 Å². The normalized spacial score (nSPS) is 35.9. The molecule has 3 fully saturated rings. The number of ether oxygens (including phenoxy) is 7. The maximum atomic E-state index is 13.0. The molecule has 13 atom stereocenters. The lowest BCUT2D eigenvalue weighted by molar-refractivity contribution is -0.318. The van der Waals surface area contributed by atoms with Crippen LogP contribution in [0.4, 0.5) is 14.4 Å². The van der Waals surface area contributed by atoms with Gasteiger partial charge in [0.2, 0.25) is 0 Å². The van der Waals surface area contributed by atoms with Crippen LogP contribution < -0.4 is 21.7 Å². The predicted octanol–water partition coefficient (Wildman–Crippen LogP) is 0.740. The number of aliphatic hydroxyl groups is 4. The molecule has 18 nitrogen and oxygen atoms in total. The Balaban J connectivity index is 1.91. The maximum Gasteiger partial charge on any atom is 0.408 e. The van der Waals surface area contributed by atoms with E-state index in [1.807, 2.05) is 0 Å². The number of nitrogens with one attached hydrogen (secondary N) is 3. The molecule has 0 aromatic heterocycles. The molecule has 2 saturated heterocycles. The first-order valence-electron chi connectivity index (χ1n) is 17.9. The van der Waals surface area contributed by atoms with Gasteiger partial charge in [-0.05, 0) is 87.5 Å². The lowest BCUT2D eigenvalue weighted by Crippen LogP contribution is -2.66. The molecule has 2 heterocycles. The van der Waals surface area contributed by atoms with Crippen molar-refractivity contribution >= 4 is 18.3 Å². The Bertz CT molecular complexity index is 1190. The van der Waals surface area contributed by atoms with Crippen LogP contribution in [0.2, 0.25) is 0 Å². The van der Waals surface area contributed by atoms with Crippen LogP contribution in [0, 0.1) is 5.92 Å². The van der Waals surface area contributed by atoms with E-state index in [1.54, 1.807) is 69.2 Å². The first-order valence-corrected chi connectivity index (χ1v) is 17.9. The Kier molecular flexibility index (Phi) is 14.9. The van der Waals surface area contributed by atoms with Gasteiger partial charge in [-0.15, -0.1) is 0 Å². The molecule has 3 amide bonds. The van der Waals surface area contributed by atoms with Crippen molar-refractivity contribution in [2.24, 2.45) is 11.7 Å². The first-order chi connectivity index (χ1) is 23.9. The minimum absolute atomic E-state index is 0.0402. The lowest BCUT2D eigenvalue weighted by Gasteiger charge is -2.48. The maximum absolute atomic E-state index is 13.0. The van der Waals surface area contributed by atoms with Crippen LogP contribution in [-0.2, 0) is 33.2 Å². The number of hydrogen-bond donors (Lipinski definition) is 8. The number of alkyl carbamates (subject to hydrolysis) is 3. The summed E-state index contributed by atoms with van der Waals surface area (Å²) in [4.78, 5) is 38.3. The van der Waals surface area contributed by atoms with Gasteiger partial charge in [-0.1, -0.05) is 6.92 Å². The van der Waals surface area contributed by atoms with Gasteiger partial charge >= 0.3 is 18.3 Å². The average Bonchev–Trinajstić information content (AvgIpc) is 2.98. The van der Waals surface area contributed by atoms with Crippen molar-refractivity contribution in [3.8, 4) is 0 Å². The summed E-state index contributed by atoms with van der Waals surface area (Å²) in [6.45, 7) is 16.6. The van der Waals surface area contributed by atoms with Crippen molar-refractivity contribution in [1.29, 1.82) is 0 Å². The third-order valence-electron chi connectivity index (χ3n) is 8.51. The number of hydrogen-bond acceptors (Lipinski definition) is 15. The van der Waals surface area contributed by atoms with E-state index in [0.29, 0.717) is 12.8 Å². The largest absolute Gasteiger partial charge is 0.444 e. The van der Waals surface area contributed by atoms with Gasteiger partial charge in [-0.2, -0.15) is 0 Å². The number of carbonyl (C=O) groups is 3. The number of amides is 3. The molecule has 2 aliphatic heterocycles. The molecule has 0 bridgehead atoms. The van der Waals surface area contributed by atoms with E-state index in [-0.39, 0.29) is 13.0 Å². The third kappa shape index (κ3) is 13.1. The van der Waals surface area contributed by atoms with Crippen LogP contribution in [0.25, 0.3) is 0 Å². The highest BCUT2D eigenvalue weighted by molar-refractivity contribution is 5.69. The molecule has 0 aromatic rings. The molecule has 0 spiro atoms. The standard InChI is InChI=1S/C34H62N4O14/c1-16-13-19(38-31(45)52-34(8,9)10)26(24(42)25(16)48-28-23(41)21(35)22(40)20(15-39)47-28)49-27-18(37-30(44)51-33(5,6)7)12-11-17(46-27)14-36-29(43)50-32(2,3)4/h16-28,39-42H,11-15,35H2,1-10H3,(H,36,43)(H,37,44)(H,38,45)/t16-,17?,18?,19+,20?,21+,22-,23?,24?,25+,26?,27-,28-/m1/s1. The third-order valence-corrected chi connectivity index (χ3v) is 8.51. The molecule has 3 aliphatic rings.